The molecule has 0 saturated carbocycles. The van der Waals surface area contributed by atoms with Crippen LogP contribution in [0.1, 0.15) is 65.2 Å². The van der Waals surface area contributed by atoms with E-state index in [9.17, 15) is 9.59 Å². The Morgan fingerprint density at radius 1 is 1.31 bits per heavy atom. The van der Waals surface area contributed by atoms with Gasteiger partial charge in [-0.1, -0.05) is 13.8 Å². The summed E-state index contributed by atoms with van der Waals surface area (Å²) in [5.41, 5.74) is 3.05. The van der Waals surface area contributed by atoms with Crippen LogP contribution >= 0.6 is 0 Å². The Bertz CT molecular complexity index is 724. The number of carbonyl (C=O) groups is 2. The number of ketones is 1. The quantitative estimate of drug-likeness (QED) is 0.866. The largest absolute Gasteiger partial charge is 0.375 e. The number of Topliss-reactive ketones (excluding diaryl/α,β-unsaturated/α-hetero) is 1. The zero-order valence-electron chi connectivity index (χ0n) is 15.9. The standard InChI is InChI=1S/C20H29N3O3/c1-11(2)17-9-23-8-13(7-14(23)10-26-17)21-20(25)19-12(3)18-15(22-19)5-4-6-16(18)24/h11,13-14,17,22H,4-10H2,1-3H3,(H,21,25)/t13-,14+,17-/m1/s1. The first kappa shape index (κ1) is 17.7. The summed E-state index contributed by atoms with van der Waals surface area (Å²) in [5.74, 6) is 0.583. The van der Waals surface area contributed by atoms with Crippen LogP contribution in [-0.2, 0) is 11.2 Å². The van der Waals surface area contributed by atoms with Gasteiger partial charge < -0.3 is 15.0 Å². The molecule has 142 valence electrons. The number of hydrogen-bond donors (Lipinski definition) is 2. The Balaban J connectivity index is 1.43. The number of H-pyrrole nitrogens is 1. The predicted molar refractivity (Wildman–Crippen MR) is 98.6 cm³/mol. The molecule has 0 unspecified atom stereocenters. The van der Waals surface area contributed by atoms with E-state index in [-0.39, 0.29) is 23.8 Å². The van der Waals surface area contributed by atoms with Crippen LogP contribution in [0.25, 0.3) is 0 Å². The number of amides is 1. The number of rotatable bonds is 3. The van der Waals surface area contributed by atoms with Crippen molar-refractivity contribution < 1.29 is 14.3 Å². The van der Waals surface area contributed by atoms with Gasteiger partial charge in [0.05, 0.1) is 12.7 Å². The zero-order valence-corrected chi connectivity index (χ0v) is 15.9. The number of hydrogen-bond acceptors (Lipinski definition) is 4. The Labute approximate surface area is 154 Å². The van der Waals surface area contributed by atoms with Crippen molar-refractivity contribution in [2.75, 3.05) is 19.7 Å². The van der Waals surface area contributed by atoms with E-state index >= 15 is 0 Å². The minimum absolute atomic E-state index is 0.0872. The summed E-state index contributed by atoms with van der Waals surface area (Å²) in [6.07, 6.45) is 3.51. The van der Waals surface area contributed by atoms with Gasteiger partial charge in [-0.15, -0.1) is 0 Å². The Morgan fingerprint density at radius 3 is 2.85 bits per heavy atom. The maximum Gasteiger partial charge on any atom is 0.268 e. The summed E-state index contributed by atoms with van der Waals surface area (Å²) >= 11 is 0. The fourth-order valence-corrected chi connectivity index (χ4v) is 4.67. The molecule has 3 heterocycles. The average molecular weight is 359 g/mol. The lowest BCUT2D eigenvalue weighted by Gasteiger charge is -2.36. The zero-order chi connectivity index (χ0) is 18.4. The van der Waals surface area contributed by atoms with Gasteiger partial charge in [0, 0.05) is 42.9 Å². The first-order valence-corrected chi connectivity index (χ1v) is 9.85. The summed E-state index contributed by atoms with van der Waals surface area (Å²) in [4.78, 5) is 30.7. The average Bonchev–Trinajstić information content (AvgIpc) is 3.15. The molecule has 4 rings (SSSR count). The minimum atomic E-state index is -0.0872. The second-order valence-electron chi connectivity index (χ2n) is 8.38. The number of aromatic amines is 1. The summed E-state index contributed by atoms with van der Waals surface area (Å²) in [5, 5.41) is 3.18. The molecule has 1 aromatic rings. The van der Waals surface area contributed by atoms with Crippen LogP contribution in [0.2, 0.25) is 0 Å². The van der Waals surface area contributed by atoms with E-state index in [0.717, 1.165) is 55.8 Å². The molecule has 2 fully saturated rings. The molecular weight excluding hydrogens is 330 g/mol. The van der Waals surface area contributed by atoms with Crippen LogP contribution in [0.5, 0.6) is 0 Å². The fourth-order valence-electron chi connectivity index (χ4n) is 4.67. The van der Waals surface area contributed by atoms with Crippen molar-refractivity contribution in [3.63, 3.8) is 0 Å². The van der Waals surface area contributed by atoms with E-state index in [0.29, 0.717) is 24.1 Å². The van der Waals surface area contributed by atoms with Crippen molar-refractivity contribution >= 4 is 11.7 Å². The summed E-state index contributed by atoms with van der Waals surface area (Å²) in [6.45, 7) is 8.83. The highest BCUT2D eigenvalue weighted by molar-refractivity contribution is 6.04. The normalized spacial score (nSPS) is 28.9. The lowest BCUT2D eigenvalue weighted by Crippen LogP contribution is -2.48. The van der Waals surface area contributed by atoms with Crippen molar-refractivity contribution in [2.24, 2.45) is 5.92 Å². The molecular formula is C20H29N3O3. The SMILES string of the molecule is Cc1c(C(=O)N[C@@H]2C[C@H]3CO[C@@H](C(C)C)CN3C2)[nH]c2c1C(=O)CCC2. The van der Waals surface area contributed by atoms with Crippen molar-refractivity contribution in [1.82, 2.24) is 15.2 Å². The number of aromatic nitrogens is 1. The van der Waals surface area contributed by atoms with Gasteiger partial charge in [-0.2, -0.15) is 0 Å². The van der Waals surface area contributed by atoms with Crippen molar-refractivity contribution in [1.29, 1.82) is 0 Å². The molecule has 6 nitrogen and oxygen atoms in total. The number of nitrogens with zero attached hydrogens (tertiary/aromatic N) is 1. The maximum absolute atomic E-state index is 12.8. The van der Waals surface area contributed by atoms with Crippen LogP contribution in [-0.4, -0.2) is 59.5 Å². The second-order valence-corrected chi connectivity index (χ2v) is 8.38. The van der Waals surface area contributed by atoms with Crippen molar-refractivity contribution in [3.8, 4) is 0 Å². The van der Waals surface area contributed by atoms with Crippen LogP contribution in [0, 0.1) is 12.8 Å². The van der Waals surface area contributed by atoms with E-state index in [2.05, 4.69) is 29.0 Å². The summed E-state index contributed by atoms with van der Waals surface area (Å²) in [6, 6.07) is 0.535. The molecule has 3 atom stereocenters. The van der Waals surface area contributed by atoms with E-state index in [1.807, 2.05) is 6.92 Å². The van der Waals surface area contributed by atoms with Gasteiger partial charge >= 0.3 is 0 Å². The molecule has 0 aromatic carbocycles. The third-order valence-electron chi connectivity index (χ3n) is 6.19. The Hall–Kier alpha value is -1.66. The topological polar surface area (TPSA) is 74.4 Å². The van der Waals surface area contributed by atoms with Gasteiger partial charge in [0.15, 0.2) is 5.78 Å². The lowest BCUT2D eigenvalue weighted by molar-refractivity contribution is -0.0683. The summed E-state index contributed by atoms with van der Waals surface area (Å²) in [7, 11) is 0. The minimum Gasteiger partial charge on any atom is -0.375 e. The molecule has 0 radical (unpaired) electrons. The molecule has 1 amide bonds. The summed E-state index contributed by atoms with van der Waals surface area (Å²) < 4.78 is 5.98. The number of carbonyl (C=O) groups excluding carboxylic acids is 2. The van der Waals surface area contributed by atoms with E-state index in [4.69, 9.17) is 4.74 Å². The van der Waals surface area contributed by atoms with E-state index in [1.54, 1.807) is 0 Å². The lowest BCUT2D eigenvalue weighted by atomic mass is 9.94. The molecule has 6 heteroatoms. The van der Waals surface area contributed by atoms with Gasteiger partial charge in [-0.25, -0.2) is 0 Å². The first-order chi connectivity index (χ1) is 12.4. The number of fused-ring (bicyclic) bond motifs is 2. The van der Waals surface area contributed by atoms with Crippen molar-refractivity contribution in [2.45, 2.75) is 64.6 Å². The van der Waals surface area contributed by atoms with Crippen LogP contribution in [0.4, 0.5) is 0 Å². The van der Waals surface area contributed by atoms with E-state index < -0.39 is 0 Å². The molecule has 0 spiro atoms. The smallest absolute Gasteiger partial charge is 0.268 e. The second kappa shape index (κ2) is 6.82. The van der Waals surface area contributed by atoms with Gasteiger partial charge in [0.25, 0.3) is 5.91 Å². The fraction of sp³-hybridized carbons (Fsp3) is 0.700. The Kier molecular flexibility index (Phi) is 4.65. The third kappa shape index (κ3) is 3.09. The number of aryl methyl sites for hydroxylation is 1. The van der Waals surface area contributed by atoms with Crippen molar-refractivity contribution in [3.05, 3.63) is 22.5 Å². The van der Waals surface area contributed by atoms with Crippen LogP contribution < -0.4 is 5.32 Å². The molecule has 2 N–H and O–H groups in total. The monoisotopic (exact) mass is 359 g/mol. The highest BCUT2D eigenvalue weighted by Crippen LogP contribution is 2.28. The molecule has 0 bridgehead atoms. The van der Waals surface area contributed by atoms with Gasteiger partial charge in [-0.05, 0) is 37.7 Å². The van der Waals surface area contributed by atoms with Crippen LogP contribution in [0.15, 0.2) is 0 Å². The van der Waals surface area contributed by atoms with Gasteiger partial charge in [-0.3, -0.25) is 14.5 Å². The highest BCUT2D eigenvalue weighted by atomic mass is 16.5. The third-order valence-corrected chi connectivity index (χ3v) is 6.19. The molecule has 3 aliphatic rings. The molecule has 26 heavy (non-hydrogen) atoms. The number of ether oxygens (including phenoxy) is 1. The molecule has 2 aliphatic heterocycles. The van der Waals surface area contributed by atoms with Gasteiger partial charge in [0.2, 0.25) is 0 Å². The van der Waals surface area contributed by atoms with Crippen LogP contribution in [0.3, 0.4) is 0 Å². The van der Waals surface area contributed by atoms with Gasteiger partial charge in [0.1, 0.15) is 5.69 Å². The Morgan fingerprint density at radius 2 is 2.12 bits per heavy atom. The first-order valence-electron chi connectivity index (χ1n) is 9.85. The molecule has 2 saturated heterocycles. The maximum atomic E-state index is 12.8. The molecule has 1 aliphatic carbocycles. The number of morpholine rings is 1. The van der Waals surface area contributed by atoms with E-state index in [1.165, 1.54) is 0 Å². The predicted octanol–water partition coefficient (Wildman–Crippen LogP) is 2.07. The highest BCUT2D eigenvalue weighted by Gasteiger charge is 2.39. The molecule has 1 aromatic heterocycles. The number of nitrogens with one attached hydrogen (secondary N) is 2.